The lowest BCUT2D eigenvalue weighted by molar-refractivity contribution is 0.102. The summed E-state index contributed by atoms with van der Waals surface area (Å²) in [6.07, 6.45) is 0.966. The fourth-order valence-corrected chi connectivity index (χ4v) is 2.69. The third-order valence-corrected chi connectivity index (χ3v) is 4.04. The lowest BCUT2D eigenvalue weighted by atomic mass is 10.2. The summed E-state index contributed by atoms with van der Waals surface area (Å²) in [4.78, 5) is 21.8. The molecule has 0 saturated carbocycles. The highest BCUT2D eigenvalue weighted by Gasteiger charge is 2.12. The molecule has 2 N–H and O–H groups in total. The van der Waals surface area contributed by atoms with Crippen LogP contribution in [0.5, 0.6) is 0 Å². The third kappa shape index (κ3) is 4.15. The minimum absolute atomic E-state index is 0.243. The number of thiazole rings is 1. The van der Waals surface area contributed by atoms with Gasteiger partial charge in [0.05, 0.1) is 5.69 Å². The van der Waals surface area contributed by atoms with Gasteiger partial charge in [-0.1, -0.05) is 18.5 Å². The molecule has 0 atom stereocenters. The van der Waals surface area contributed by atoms with E-state index in [1.165, 1.54) is 11.3 Å². The van der Waals surface area contributed by atoms with Gasteiger partial charge in [0.2, 0.25) is 0 Å². The van der Waals surface area contributed by atoms with Crippen LogP contribution in [0.25, 0.3) is 0 Å². The summed E-state index contributed by atoms with van der Waals surface area (Å²) in [5.41, 5.74) is 1.38. The molecule has 0 spiro atoms. The van der Waals surface area contributed by atoms with Gasteiger partial charge in [-0.3, -0.25) is 10.1 Å². The van der Waals surface area contributed by atoms with Crippen molar-refractivity contribution >= 4 is 39.8 Å². The molecule has 1 amide bonds. The van der Waals surface area contributed by atoms with Gasteiger partial charge in [-0.05, 0) is 32.4 Å². The van der Waals surface area contributed by atoms with Crippen molar-refractivity contribution in [2.24, 2.45) is 0 Å². The summed E-state index contributed by atoms with van der Waals surface area (Å²) in [5, 5.41) is 6.78. The van der Waals surface area contributed by atoms with E-state index >= 15 is 0 Å². The Morgan fingerprint density at radius 2 is 2.10 bits per heavy atom. The van der Waals surface area contributed by atoms with Crippen LogP contribution in [0.2, 0.25) is 5.15 Å². The lowest BCUT2D eigenvalue weighted by Crippen LogP contribution is -2.13. The summed E-state index contributed by atoms with van der Waals surface area (Å²) in [6, 6.07) is 3.23. The predicted octanol–water partition coefficient (Wildman–Crippen LogP) is 3.88. The summed E-state index contributed by atoms with van der Waals surface area (Å²) in [6.45, 7) is 6.72. The number of nitrogens with one attached hydrogen (secondary N) is 2. The number of pyridine rings is 1. The molecule has 0 saturated heterocycles. The van der Waals surface area contributed by atoms with Crippen LogP contribution in [0.15, 0.2) is 12.1 Å². The number of carbonyl (C=O) groups is 1. The first-order valence-corrected chi connectivity index (χ1v) is 7.86. The first-order valence-electron chi connectivity index (χ1n) is 6.66. The molecule has 112 valence electrons. The summed E-state index contributed by atoms with van der Waals surface area (Å²) in [7, 11) is 0. The number of rotatable bonds is 5. The van der Waals surface area contributed by atoms with Gasteiger partial charge in [-0.15, -0.1) is 11.3 Å². The number of carbonyl (C=O) groups excluding carboxylic acids is 1. The molecule has 0 unspecified atom stereocenters. The zero-order chi connectivity index (χ0) is 15.4. The van der Waals surface area contributed by atoms with E-state index in [1.807, 2.05) is 13.8 Å². The van der Waals surface area contributed by atoms with Crippen LogP contribution in [0, 0.1) is 13.8 Å². The topological polar surface area (TPSA) is 66.9 Å². The minimum Gasteiger partial charge on any atom is -0.370 e. The molecule has 5 nitrogen and oxygen atoms in total. The molecule has 2 heterocycles. The first-order chi connectivity index (χ1) is 9.99. The Kier molecular flexibility index (Phi) is 5.14. The molecular weight excluding hydrogens is 308 g/mol. The zero-order valence-corrected chi connectivity index (χ0v) is 13.7. The van der Waals surface area contributed by atoms with Crippen LogP contribution >= 0.6 is 22.9 Å². The van der Waals surface area contributed by atoms with Gasteiger partial charge in [0.25, 0.3) is 5.91 Å². The summed E-state index contributed by atoms with van der Waals surface area (Å²) >= 11 is 7.41. The maximum Gasteiger partial charge on any atom is 0.257 e. The van der Waals surface area contributed by atoms with Crippen molar-refractivity contribution in [3.63, 3.8) is 0 Å². The number of hydrogen-bond acceptors (Lipinski definition) is 5. The molecule has 0 bridgehead atoms. The monoisotopic (exact) mass is 324 g/mol. The van der Waals surface area contributed by atoms with Crippen LogP contribution < -0.4 is 10.6 Å². The van der Waals surface area contributed by atoms with Gasteiger partial charge < -0.3 is 5.32 Å². The quantitative estimate of drug-likeness (QED) is 0.819. The number of amides is 1. The molecule has 0 aliphatic rings. The second kappa shape index (κ2) is 6.87. The fraction of sp³-hybridized carbons (Fsp3) is 0.357. The smallest absolute Gasteiger partial charge is 0.257 e. The van der Waals surface area contributed by atoms with Crippen LogP contribution in [0.4, 0.5) is 10.9 Å². The van der Waals surface area contributed by atoms with E-state index in [4.69, 9.17) is 11.6 Å². The number of hydrogen-bond donors (Lipinski definition) is 2. The maximum atomic E-state index is 12.3. The van der Waals surface area contributed by atoms with E-state index < -0.39 is 0 Å². The van der Waals surface area contributed by atoms with Crippen molar-refractivity contribution < 1.29 is 4.79 Å². The van der Waals surface area contributed by atoms with Crippen molar-refractivity contribution in [3.05, 3.63) is 33.4 Å². The predicted molar refractivity (Wildman–Crippen MR) is 87.6 cm³/mol. The van der Waals surface area contributed by atoms with Crippen LogP contribution in [-0.2, 0) is 0 Å². The molecule has 2 rings (SSSR count). The average Bonchev–Trinajstić information content (AvgIpc) is 2.74. The Morgan fingerprint density at radius 3 is 2.71 bits per heavy atom. The molecular formula is C14H17ClN4OS. The Balaban J connectivity index is 2.16. The molecule has 0 aliphatic heterocycles. The normalized spacial score (nSPS) is 10.5. The standard InChI is InChI=1S/C14H17ClN4OS/c1-4-5-16-12-7-10(6-11(15)18-12)13(20)19-14-17-8(2)9(3)21-14/h6-7H,4-5H2,1-3H3,(H,16,18)(H,17,19,20). The van der Waals surface area contributed by atoms with Gasteiger partial charge >= 0.3 is 0 Å². The highest BCUT2D eigenvalue weighted by Crippen LogP contribution is 2.22. The molecule has 0 fully saturated rings. The SMILES string of the molecule is CCCNc1cc(C(=O)Nc2nc(C)c(C)s2)cc(Cl)n1. The summed E-state index contributed by atoms with van der Waals surface area (Å²) in [5.74, 6) is 0.355. The van der Waals surface area contributed by atoms with Gasteiger partial charge in [0.1, 0.15) is 11.0 Å². The third-order valence-electron chi connectivity index (χ3n) is 2.86. The van der Waals surface area contributed by atoms with Gasteiger partial charge in [0, 0.05) is 17.0 Å². The largest absolute Gasteiger partial charge is 0.370 e. The molecule has 0 radical (unpaired) electrons. The zero-order valence-electron chi connectivity index (χ0n) is 12.2. The van der Waals surface area contributed by atoms with Crippen LogP contribution in [-0.4, -0.2) is 22.4 Å². The number of aromatic nitrogens is 2. The Labute approximate surface area is 132 Å². The van der Waals surface area contributed by atoms with Crippen molar-refractivity contribution in [2.75, 3.05) is 17.2 Å². The van der Waals surface area contributed by atoms with Crippen molar-refractivity contribution in [2.45, 2.75) is 27.2 Å². The Bertz CT molecular complexity index is 637. The molecule has 2 aromatic rings. The van der Waals surface area contributed by atoms with Gasteiger partial charge in [0.15, 0.2) is 5.13 Å². The Morgan fingerprint density at radius 1 is 1.33 bits per heavy atom. The maximum absolute atomic E-state index is 12.3. The van der Waals surface area contributed by atoms with E-state index in [0.29, 0.717) is 16.5 Å². The number of aryl methyl sites for hydroxylation is 2. The van der Waals surface area contributed by atoms with E-state index in [0.717, 1.165) is 23.5 Å². The van der Waals surface area contributed by atoms with E-state index in [9.17, 15) is 4.79 Å². The van der Waals surface area contributed by atoms with E-state index in [1.54, 1.807) is 12.1 Å². The van der Waals surface area contributed by atoms with E-state index in [-0.39, 0.29) is 11.1 Å². The van der Waals surface area contributed by atoms with Crippen molar-refractivity contribution in [1.82, 2.24) is 9.97 Å². The molecule has 0 aromatic carbocycles. The number of anilines is 2. The van der Waals surface area contributed by atoms with Crippen molar-refractivity contribution in [3.8, 4) is 0 Å². The number of nitrogens with zero attached hydrogens (tertiary/aromatic N) is 2. The van der Waals surface area contributed by atoms with Crippen LogP contribution in [0.3, 0.4) is 0 Å². The summed E-state index contributed by atoms with van der Waals surface area (Å²) < 4.78 is 0. The Hall–Kier alpha value is -1.66. The van der Waals surface area contributed by atoms with Gasteiger partial charge in [-0.2, -0.15) is 0 Å². The second-order valence-electron chi connectivity index (χ2n) is 4.61. The molecule has 21 heavy (non-hydrogen) atoms. The molecule has 2 aromatic heterocycles. The highest BCUT2D eigenvalue weighted by atomic mass is 35.5. The fourth-order valence-electron chi connectivity index (χ4n) is 1.67. The lowest BCUT2D eigenvalue weighted by Gasteiger charge is -2.07. The minimum atomic E-state index is -0.243. The van der Waals surface area contributed by atoms with Gasteiger partial charge in [-0.25, -0.2) is 9.97 Å². The second-order valence-corrected chi connectivity index (χ2v) is 6.20. The number of halogens is 1. The van der Waals surface area contributed by atoms with E-state index in [2.05, 4.69) is 27.5 Å². The van der Waals surface area contributed by atoms with Crippen molar-refractivity contribution in [1.29, 1.82) is 0 Å². The average molecular weight is 325 g/mol. The first kappa shape index (κ1) is 15.7. The highest BCUT2D eigenvalue weighted by molar-refractivity contribution is 7.15. The molecule has 7 heteroatoms. The van der Waals surface area contributed by atoms with Crippen LogP contribution in [0.1, 0.15) is 34.3 Å². The molecule has 0 aliphatic carbocycles.